The number of carboxylic acid groups (broad SMARTS) is 1. The van der Waals surface area contributed by atoms with E-state index in [9.17, 15) is 19.5 Å². The summed E-state index contributed by atoms with van der Waals surface area (Å²) in [6, 6.07) is 20.5. The zero-order valence-electron chi connectivity index (χ0n) is 18.1. The second-order valence-corrected chi connectivity index (χ2v) is 8.97. The van der Waals surface area contributed by atoms with E-state index in [0.717, 1.165) is 0 Å². The van der Waals surface area contributed by atoms with E-state index < -0.39 is 11.2 Å². The molecule has 3 aromatic carbocycles. The first-order chi connectivity index (χ1) is 16.4. The maximum atomic E-state index is 13.4. The Morgan fingerprint density at radius 2 is 1.79 bits per heavy atom. The predicted octanol–water partition coefficient (Wildman–Crippen LogP) is 5.25. The largest absolute Gasteiger partial charge is 0.478 e. The molecule has 0 saturated carbocycles. The molecule has 4 rings (SSSR count). The van der Waals surface area contributed by atoms with Crippen molar-refractivity contribution in [2.45, 2.75) is 23.8 Å². The van der Waals surface area contributed by atoms with E-state index in [1.54, 1.807) is 24.3 Å². The van der Waals surface area contributed by atoms with E-state index in [1.165, 1.54) is 34.5 Å². The fourth-order valence-corrected chi connectivity index (χ4v) is 4.67. The van der Waals surface area contributed by atoms with Crippen molar-refractivity contribution in [3.8, 4) is 5.69 Å². The number of aromatic carboxylic acids is 1. The van der Waals surface area contributed by atoms with Crippen molar-refractivity contribution in [3.63, 3.8) is 0 Å². The van der Waals surface area contributed by atoms with Crippen molar-refractivity contribution in [3.05, 3.63) is 93.7 Å². The number of hydrogen-bond donors (Lipinski definition) is 2. The number of benzene rings is 3. The second kappa shape index (κ2) is 10.1. The molecular formula is C25H20ClN3O4S. The summed E-state index contributed by atoms with van der Waals surface area (Å²) in [7, 11) is 0. The van der Waals surface area contributed by atoms with E-state index in [1.807, 2.05) is 37.3 Å². The fourth-order valence-electron chi connectivity index (χ4n) is 3.44. The number of nitrogens with one attached hydrogen (secondary N) is 1. The first-order valence-electron chi connectivity index (χ1n) is 10.5. The number of halogens is 1. The molecule has 0 aliphatic rings. The van der Waals surface area contributed by atoms with Crippen LogP contribution in [-0.4, -0.2) is 31.8 Å². The van der Waals surface area contributed by atoms with Gasteiger partial charge in [-0.1, -0.05) is 60.6 Å². The Morgan fingerprint density at radius 3 is 2.50 bits per heavy atom. The summed E-state index contributed by atoms with van der Waals surface area (Å²) in [5.41, 5.74) is 1.18. The number of carbonyl (C=O) groups excluding carboxylic acids is 1. The van der Waals surface area contributed by atoms with Gasteiger partial charge in [0.15, 0.2) is 5.16 Å². The minimum absolute atomic E-state index is 0.0826. The first kappa shape index (κ1) is 23.5. The van der Waals surface area contributed by atoms with Crippen LogP contribution in [-0.2, 0) is 4.79 Å². The normalized spacial score (nSPS) is 11.8. The third-order valence-corrected chi connectivity index (χ3v) is 6.78. The maximum Gasteiger partial charge on any atom is 0.337 e. The van der Waals surface area contributed by atoms with E-state index in [-0.39, 0.29) is 22.1 Å². The van der Waals surface area contributed by atoms with Gasteiger partial charge in [-0.2, -0.15) is 0 Å². The standard InChI is InChI=1S/C25H20ClN3O4S/c1-2-21(22(30)27-15-12-13-19(26)18(14-15)24(32)33)34-25-28-20-11-7-6-10-17(20)23(31)29(25)16-8-4-3-5-9-16/h3-14,21H,2H2,1H3,(H,27,30)(H,32,33). The van der Waals surface area contributed by atoms with Gasteiger partial charge in [0.1, 0.15) is 0 Å². The summed E-state index contributed by atoms with van der Waals surface area (Å²) >= 11 is 7.10. The number of para-hydroxylation sites is 2. The lowest BCUT2D eigenvalue weighted by molar-refractivity contribution is -0.115. The number of hydrogen-bond acceptors (Lipinski definition) is 5. The molecule has 1 aromatic heterocycles. The highest BCUT2D eigenvalue weighted by atomic mass is 35.5. The van der Waals surface area contributed by atoms with Gasteiger partial charge < -0.3 is 10.4 Å². The molecule has 4 aromatic rings. The molecule has 1 atom stereocenters. The average molecular weight is 494 g/mol. The van der Waals surface area contributed by atoms with Crippen molar-refractivity contribution in [1.29, 1.82) is 0 Å². The van der Waals surface area contributed by atoms with Crippen LogP contribution >= 0.6 is 23.4 Å². The van der Waals surface area contributed by atoms with Crippen molar-refractivity contribution in [2.24, 2.45) is 0 Å². The fraction of sp³-hybridized carbons (Fsp3) is 0.120. The van der Waals surface area contributed by atoms with Crippen LogP contribution < -0.4 is 10.9 Å². The molecule has 1 heterocycles. The van der Waals surface area contributed by atoms with Crippen molar-refractivity contribution in [1.82, 2.24) is 9.55 Å². The molecule has 172 valence electrons. The van der Waals surface area contributed by atoms with E-state index in [4.69, 9.17) is 11.6 Å². The zero-order chi connectivity index (χ0) is 24.2. The Bertz CT molecular complexity index is 1440. The Balaban J connectivity index is 1.70. The van der Waals surface area contributed by atoms with Gasteiger partial charge in [0.05, 0.1) is 32.4 Å². The third kappa shape index (κ3) is 4.83. The molecule has 0 radical (unpaired) electrons. The first-order valence-corrected chi connectivity index (χ1v) is 11.7. The van der Waals surface area contributed by atoms with Crippen LogP contribution in [0, 0.1) is 0 Å². The Morgan fingerprint density at radius 1 is 1.09 bits per heavy atom. The van der Waals surface area contributed by atoms with Crippen LogP contribution in [0.3, 0.4) is 0 Å². The third-order valence-electron chi connectivity index (χ3n) is 5.13. The van der Waals surface area contributed by atoms with Crippen molar-refractivity contribution in [2.75, 3.05) is 5.32 Å². The number of fused-ring (bicyclic) bond motifs is 1. The molecule has 2 N–H and O–H groups in total. The van der Waals surface area contributed by atoms with Gasteiger partial charge in [0, 0.05) is 5.69 Å². The smallest absolute Gasteiger partial charge is 0.337 e. The monoisotopic (exact) mass is 493 g/mol. The lowest BCUT2D eigenvalue weighted by Crippen LogP contribution is -2.27. The SMILES string of the molecule is CCC(Sc1nc2ccccc2c(=O)n1-c1ccccc1)C(=O)Nc1ccc(Cl)c(C(=O)O)c1. The number of carboxylic acids is 1. The van der Waals surface area contributed by atoms with Gasteiger partial charge in [-0.05, 0) is 48.9 Å². The second-order valence-electron chi connectivity index (χ2n) is 7.39. The predicted molar refractivity (Wildman–Crippen MR) is 134 cm³/mol. The highest BCUT2D eigenvalue weighted by molar-refractivity contribution is 8.00. The van der Waals surface area contributed by atoms with Gasteiger partial charge >= 0.3 is 5.97 Å². The highest BCUT2D eigenvalue weighted by Crippen LogP contribution is 2.28. The van der Waals surface area contributed by atoms with Crippen LogP contribution in [0.15, 0.2) is 82.7 Å². The summed E-state index contributed by atoms with van der Waals surface area (Å²) in [6.07, 6.45) is 0.452. The highest BCUT2D eigenvalue weighted by Gasteiger charge is 2.23. The number of rotatable bonds is 7. The summed E-state index contributed by atoms with van der Waals surface area (Å²) in [5, 5.41) is 12.4. The topological polar surface area (TPSA) is 101 Å². The maximum absolute atomic E-state index is 13.4. The quantitative estimate of drug-likeness (QED) is 0.269. The molecule has 0 fully saturated rings. The number of carbonyl (C=O) groups is 2. The lowest BCUT2D eigenvalue weighted by atomic mass is 10.2. The zero-order valence-corrected chi connectivity index (χ0v) is 19.6. The van der Waals surface area contributed by atoms with Crippen LogP contribution in [0.25, 0.3) is 16.6 Å². The molecule has 0 saturated heterocycles. The van der Waals surface area contributed by atoms with Gasteiger partial charge in [-0.3, -0.25) is 14.2 Å². The molecule has 0 bridgehead atoms. The van der Waals surface area contributed by atoms with E-state index in [0.29, 0.717) is 33.9 Å². The number of nitrogens with zero attached hydrogens (tertiary/aromatic N) is 2. The van der Waals surface area contributed by atoms with Gasteiger partial charge in [0.2, 0.25) is 5.91 Å². The molecule has 7 nitrogen and oxygen atoms in total. The number of thioether (sulfide) groups is 1. The summed E-state index contributed by atoms with van der Waals surface area (Å²) < 4.78 is 1.51. The molecule has 1 amide bonds. The van der Waals surface area contributed by atoms with Gasteiger partial charge in [-0.15, -0.1) is 0 Å². The van der Waals surface area contributed by atoms with Crippen molar-refractivity contribution >= 4 is 51.8 Å². The molecule has 0 aliphatic carbocycles. The van der Waals surface area contributed by atoms with Crippen LogP contribution in [0.5, 0.6) is 0 Å². The van der Waals surface area contributed by atoms with Crippen LogP contribution in [0.2, 0.25) is 5.02 Å². The Hall–Kier alpha value is -3.62. The van der Waals surface area contributed by atoms with Crippen LogP contribution in [0.4, 0.5) is 5.69 Å². The molecule has 9 heteroatoms. The summed E-state index contributed by atoms with van der Waals surface area (Å²) in [5.74, 6) is -1.53. The van der Waals surface area contributed by atoms with Crippen molar-refractivity contribution < 1.29 is 14.7 Å². The number of anilines is 1. The van der Waals surface area contributed by atoms with E-state index >= 15 is 0 Å². The minimum atomic E-state index is -1.19. The molecule has 1 unspecified atom stereocenters. The summed E-state index contributed by atoms with van der Waals surface area (Å²) in [6.45, 7) is 1.85. The summed E-state index contributed by atoms with van der Waals surface area (Å²) in [4.78, 5) is 42.5. The Labute approximate surface area is 204 Å². The molecule has 0 spiro atoms. The molecule has 0 aliphatic heterocycles. The van der Waals surface area contributed by atoms with E-state index in [2.05, 4.69) is 10.3 Å². The lowest BCUT2D eigenvalue weighted by Gasteiger charge is -2.18. The molecular weight excluding hydrogens is 474 g/mol. The van der Waals surface area contributed by atoms with Gasteiger partial charge in [0.25, 0.3) is 5.56 Å². The minimum Gasteiger partial charge on any atom is -0.478 e. The number of amides is 1. The Kier molecular flexibility index (Phi) is 7.00. The molecule has 34 heavy (non-hydrogen) atoms. The average Bonchev–Trinajstić information content (AvgIpc) is 2.84. The van der Waals surface area contributed by atoms with Crippen LogP contribution in [0.1, 0.15) is 23.7 Å². The van der Waals surface area contributed by atoms with Gasteiger partial charge in [-0.25, -0.2) is 9.78 Å². The number of aromatic nitrogens is 2.